The fraction of sp³-hybridized carbons (Fsp3) is 0.0714. The predicted octanol–water partition coefficient (Wildman–Crippen LogP) is 4.39. The highest BCUT2D eigenvalue weighted by Gasteiger charge is 2.10. The van der Waals surface area contributed by atoms with Gasteiger partial charge in [-0.2, -0.15) is 5.26 Å². The molecule has 90 valence electrons. The molecule has 0 unspecified atom stereocenters. The number of benzene rings is 1. The number of rotatable bonds is 3. The number of methoxy groups -OCH3 is 1. The molecular weight excluding hydrogens is 266 g/mol. The van der Waals surface area contributed by atoms with Crippen LogP contribution < -0.4 is 4.74 Å². The average molecular weight is 276 g/mol. The Morgan fingerprint density at radius 1 is 1.28 bits per heavy atom. The molecule has 0 radical (unpaired) electrons. The highest BCUT2D eigenvalue weighted by Crippen LogP contribution is 2.32. The van der Waals surface area contributed by atoms with E-state index in [1.807, 2.05) is 41.8 Å². The number of nitriles is 1. The molecule has 2 aromatic rings. The molecule has 2 rings (SSSR count). The van der Waals surface area contributed by atoms with E-state index in [1.54, 1.807) is 7.11 Å². The summed E-state index contributed by atoms with van der Waals surface area (Å²) in [6.07, 6.45) is 0. The Labute approximate surface area is 115 Å². The first-order chi connectivity index (χ1) is 8.76. The zero-order valence-electron chi connectivity index (χ0n) is 9.68. The first kappa shape index (κ1) is 12.7. The predicted molar refractivity (Wildman–Crippen MR) is 75.6 cm³/mol. The molecular formula is C14H10ClNOS. The second-order valence-electron chi connectivity index (χ2n) is 3.51. The van der Waals surface area contributed by atoms with Crippen LogP contribution in [0.25, 0.3) is 10.6 Å². The van der Waals surface area contributed by atoms with Crippen LogP contribution in [0.1, 0.15) is 10.4 Å². The quantitative estimate of drug-likeness (QED) is 0.779. The lowest BCUT2D eigenvalue weighted by molar-refractivity contribution is 0.415. The van der Waals surface area contributed by atoms with Crippen molar-refractivity contribution in [2.45, 2.75) is 0 Å². The monoisotopic (exact) mass is 275 g/mol. The topological polar surface area (TPSA) is 33.0 Å². The molecule has 0 atom stereocenters. The molecule has 0 fully saturated rings. The van der Waals surface area contributed by atoms with Crippen LogP contribution in [0.5, 0.6) is 5.75 Å². The van der Waals surface area contributed by atoms with Crippen molar-refractivity contribution in [1.82, 2.24) is 0 Å². The molecule has 4 heteroatoms. The van der Waals surface area contributed by atoms with E-state index in [-0.39, 0.29) is 0 Å². The van der Waals surface area contributed by atoms with Gasteiger partial charge in [0.25, 0.3) is 0 Å². The molecule has 1 heterocycles. The van der Waals surface area contributed by atoms with Crippen molar-refractivity contribution >= 4 is 33.5 Å². The summed E-state index contributed by atoms with van der Waals surface area (Å²) in [5, 5.41) is 11.6. The van der Waals surface area contributed by atoms with Gasteiger partial charge in [-0.1, -0.05) is 17.7 Å². The van der Waals surface area contributed by atoms with Crippen LogP contribution in [0, 0.1) is 11.3 Å². The summed E-state index contributed by atoms with van der Waals surface area (Å²) in [6, 6.07) is 13.3. The molecule has 2 nitrogen and oxygen atoms in total. The number of ether oxygens (including phenoxy) is 1. The van der Waals surface area contributed by atoms with E-state index in [4.69, 9.17) is 16.3 Å². The van der Waals surface area contributed by atoms with Gasteiger partial charge in [-0.25, -0.2) is 0 Å². The number of halogens is 1. The van der Waals surface area contributed by atoms with Crippen LogP contribution in [0.4, 0.5) is 0 Å². The van der Waals surface area contributed by atoms with Gasteiger partial charge in [-0.3, -0.25) is 0 Å². The summed E-state index contributed by atoms with van der Waals surface area (Å²) < 4.78 is 5.09. The van der Waals surface area contributed by atoms with Gasteiger partial charge in [0.1, 0.15) is 11.8 Å². The Morgan fingerprint density at radius 3 is 2.50 bits per heavy atom. The largest absolute Gasteiger partial charge is 0.497 e. The van der Waals surface area contributed by atoms with Gasteiger partial charge in [-0.05, 0) is 41.3 Å². The van der Waals surface area contributed by atoms with Crippen LogP contribution in [0.2, 0.25) is 0 Å². The summed E-state index contributed by atoms with van der Waals surface area (Å²) in [5.74, 6) is 0.762. The minimum absolute atomic E-state index is 0.461. The van der Waals surface area contributed by atoms with Gasteiger partial charge < -0.3 is 4.74 Å². The third-order valence-electron chi connectivity index (χ3n) is 2.44. The van der Waals surface area contributed by atoms with E-state index in [0.717, 1.165) is 16.2 Å². The maximum atomic E-state index is 9.22. The van der Waals surface area contributed by atoms with Gasteiger partial charge in [0.2, 0.25) is 0 Å². The number of thiophene rings is 1. The van der Waals surface area contributed by atoms with Crippen molar-refractivity contribution in [3.63, 3.8) is 0 Å². The van der Waals surface area contributed by atoms with E-state index in [9.17, 15) is 5.26 Å². The number of nitrogens with zero attached hydrogens (tertiary/aromatic N) is 1. The van der Waals surface area contributed by atoms with Crippen molar-refractivity contribution in [1.29, 1.82) is 5.26 Å². The molecule has 0 spiro atoms. The van der Waals surface area contributed by atoms with E-state index < -0.39 is 0 Å². The lowest BCUT2D eigenvalue weighted by atomic mass is 10.1. The van der Waals surface area contributed by atoms with E-state index in [0.29, 0.717) is 10.6 Å². The van der Waals surface area contributed by atoms with Crippen molar-refractivity contribution in [3.05, 3.63) is 52.2 Å². The molecule has 0 aliphatic carbocycles. The Morgan fingerprint density at radius 2 is 2.00 bits per heavy atom. The molecule has 0 bridgehead atoms. The Hall–Kier alpha value is -1.76. The van der Waals surface area contributed by atoms with Gasteiger partial charge in [0.05, 0.1) is 17.7 Å². The fourth-order valence-electron chi connectivity index (χ4n) is 1.51. The van der Waals surface area contributed by atoms with Gasteiger partial charge in [0.15, 0.2) is 0 Å². The second kappa shape index (κ2) is 5.72. The molecule has 1 aromatic carbocycles. The normalized spacial score (nSPS) is 11.6. The first-order valence-electron chi connectivity index (χ1n) is 5.24. The molecule has 0 saturated heterocycles. The number of allylic oxidation sites excluding steroid dienone is 1. The SMILES string of the molecule is COc1ccc(C(Cl)=C(C#N)c2cccs2)cc1. The van der Waals surface area contributed by atoms with E-state index in [1.165, 1.54) is 11.3 Å². The summed E-state index contributed by atoms with van der Waals surface area (Å²) >= 11 is 7.78. The zero-order chi connectivity index (χ0) is 13.0. The van der Waals surface area contributed by atoms with Crippen molar-refractivity contribution in [3.8, 4) is 11.8 Å². The smallest absolute Gasteiger partial charge is 0.118 e. The average Bonchev–Trinajstić information content (AvgIpc) is 2.93. The molecule has 18 heavy (non-hydrogen) atoms. The van der Waals surface area contributed by atoms with Gasteiger partial charge in [0, 0.05) is 4.88 Å². The standard InChI is InChI=1S/C14H10ClNOS/c1-17-11-6-4-10(5-7-11)14(15)12(9-16)13-3-2-8-18-13/h2-8H,1H3. The highest BCUT2D eigenvalue weighted by atomic mass is 35.5. The van der Waals surface area contributed by atoms with Crippen LogP contribution in [0.3, 0.4) is 0 Å². The molecule has 0 saturated carbocycles. The molecule has 0 aliphatic rings. The van der Waals surface area contributed by atoms with Crippen molar-refractivity contribution in [2.75, 3.05) is 7.11 Å². The van der Waals surface area contributed by atoms with Crippen molar-refractivity contribution < 1.29 is 4.74 Å². The number of hydrogen-bond donors (Lipinski definition) is 0. The zero-order valence-corrected chi connectivity index (χ0v) is 11.3. The van der Waals surface area contributed by atoms with E-state index >= 15 is 0 Å². The fourth-order valence-corrected chi connectivity index (χ4v) is 2.57. The maximum absolute atomic E-state index is 9.22. The minimum atomic E-state index is 0.461. The summed E-state index contributed by atoms with van der Waals surface area (Å²) in [6.45, 7) is 0. The first-order valence-corrected chi connectivity index (χ1v) is 6.50. The lowest BCUT2D eigenvalue weighted by Crippen LogP contribution is -1.85. The Bertz CT molecular complexity index is 594. The van der Waals surface area contributed by atoms with Crippen LogP contribution in [-0.2, 0) is 0 Å². The van der Waals surface area contributed by atoms with Crippen molar-refractivity contribution in [2.24, 2.45) is 0 Å². The Balaban J connectivity index is 2.44. The van der Waals surface area contributed by atoms with Crippen LogP contribution in [0.15, 0.2) is 41.8 Å². The maximum Gasteiger partial charge on any atom is 0.118 e. The van der Waals surface area contributed by atoms with Crippen LogP contribution >= 0.6 is 22.9 Å². The second-order valence-corrected chi connectivity index (χ2v) is 4.83. The highest BCUT2D eigenvalue weighted by molar-refractivity contribution is 7.11. The molecule has 1 aromatic heterocycles. The third-order valence-corrected chi connectivity index (χ3v) is 3.74. The van der Waals surface area contributed by atoms with Crippen LogP contribution in [-0.4, -0.2) is 7.11 Å². The summed E-state index contributed by atoms with van der Waals surface area (Å²) in [5.41, 5.74) is 1.30. The molecule has 0 aliphatic heterocycles. The minimum Gasteiger partial charge on any atom is -0.497 e. The third kappa shape index (κ3) is 2.56. The van der Waals surface area contributed by atoms with Gasteiger partial charge >= 0.3 is 0 Å². The lowest BCUT2D eigenvalue weighted by Gasteiger charge is -2.04. The summed E-state index contributed by atoms with van der Waals surface area (Å²) in [4.78, 5) is 0.873. The molecule has 0 N–H and O–H groups in total. The van der Waals surface area contributed by atoms with E-state index in [2.05, 4.69) is 6.07 Å². The summed E-state index contributed by atoms with van der Waals surface area (Å²) in [7, 11) is 1.61. The Kier molecular flexibility index (Phi) is 4.03. The molecule has 0 amide bonds. The van der Waals surface area contributed by atoms with Gasteiger partial charge in [-0.15, -0.1) is 11.3 Å². The number of hydrogen-bond acceptors (Lipinski definition) is 3.